The van der Waals surface area contributed by atoms with Gasteiger partial charge >= 0.3 is 0 Å². The minimum absolute atomic E-state index is 0.482. The molecule has 0 saturated heterocycles. The maximum absolute atomic E-state index is 5.49. The van der Waals surface area contributed by atoms with Crippen molar-refractivity contribution in [3.05, 3.63) is 10.9 Å². The summed E-state index contributed by atoms with van der Waals surface area (Å²) in [5, 5.41) is 4.72. The number of hydrazine groups is 1. The monoisotopic (exact) mass is 291 g/mol. The minimum Gasteiger partial charge on any atom is -0.366 e. The molecule has 0 aromatic carbocycles. The van der Waals surface area contributed by atoms with Crippen molar-refractivity contribution in [1.29, 1.82) is 0 Å². The smallest absolute Gasteiger partial charge is 0.240 e. The van der Waals surface area contributed by atoms with Crippen LogP contribution in [0.25, 0.3) is 10.2 Å². The molecule has 0 spiro atoms. The Labute approximate surface area is 123 Å². The molecule has 1 fully saturated rings. The lowest BCUT2D eigenvalue weighted by Gasteiger charge is -2.18. The zero-order valence-corrected chi connectivity index (χ0v) is 12.8. The fourth-order valence-corrected chi connectivity index (χ4v) is 3.82. The topological polar surface area (TPSA) is 75.9 Å². The molecule has 0 bridgehead atoms. The number of thiophene rings is 1. The first-order chi connectivity index (χ1) is 9.71. The van der Waals surface area contributed by atoms with Crippen molar-refractivity contribution in [2.45, 2.75) is 45.6 Å². The van der Waals surface area contributed by atoms with Crippen LogP contribution in [0.5, 0.6) is 0 Å². The third kappa shape index (κ3) is 2.45. The van der Waals surface area contributed by atoms with Gasteiger partial charge in [0.1, 0.15) is 10.6 Å². The lowest BCUT2D eigenvalue weighted by Crippen LogP contribution is -2.23. The van der Waals surface area contributed by atoms with Crippen molar-refractivity contribution in [2.24, 2.45) is 11.8 Å². The van der Waals surface area contributed by atoms with Crippen LogP contribution in [0.3, 0.4) is 0 Å². The summed E-state index contributed by atoms with van der Waals surface area (Å²) in [7, 11) is 0. The molecule has 2 aromatic rings. The summed E-state index contributed by atoms with van der Waals surface area (Å²) in [6, 6.07) is 2.70. The van der Waals surface area contributed by atoms with Gasteiger partial charge in [-0.1, -0.05) is 20.3 Å². The summed E-state index contributed by atoms with van der Waals surface area (Å²) >= 11 is 1.71. The third-order valence-electron chi connectivity index (χ3n) is 4.10. The van der Waals surface area contributed by atoms with Gasteiger partial charge < -0.3 is 5.32 Å². The van der Waals surface area contributed by atoms with Gasteiger partial charge in [0.05, 0.1) is 5.39 Å². The largest absolute Gasteiger partial charge is 0.366 e. The van der Waals surface area contributed by atoms with Crippen molar-refractivity contribution in [2.75, 3.05) is 10.7 Å². The second-order valence-electron chi connectivity index (χ2n) is 5.48. The molecule has 1 saturated carbocycles. The first-order valence-corrected chi connectivity index (χ1v) is 8.06. The molecule has 4 N–H and O–H groups in total. The van der Waals surface area contributed by atoms with Crippen LogP contribution < -0.4 is 16.6 Å². The summed E-state index contributed by atoms with van der Waals surface area (Å²) in [5.74, 6) is 7.58. The Bertz CT molecular complexity index is 609. The molecule has 20 heavy (non-hydrogen) atoms. The van der Waals surface area contributed by atoms with E-state index in [9.17, 15) is 0 Å². The van der Waals surface area contributed by atoms with E-state index in [1.54, 1.807) is 11.3 Å². The Morgan fingerprint density at radius 2 is 2.25 bits per heavy atom. The van der Waals surface area contributed by atoms with Gasteiger partial charge in [-0.15, -0.1) is 11.3 Å². The number of nitrogens with one attached hydrogen (secondary N) is 2. The number of hydrogen-bond acceptors (Lipinski definition) is 6. The molecular formula is C14H21N5S. The predicted octanol–water partition coefficient (Wildman–Crippen LogP) is 3.14. The number of hydrogen-bond donors (Lipinski definition) is 3. The van der Waals surface area contributed by atoms with Crippen molar-refractivity contribution >= 4 is 33.3 Å². The molecule has 1 aliphatic carbocycles. The number of fused-ring (bicyclic) bond motifs is 1. The average Bonchev–Trinajstić information content (AvgIpc) is 3.05. The van der Waals surface area contributed by atoms with Crippen molar-refractivity contribution < 1.29 is 0 Å². The third-order valence-corrected chi connectivity index (χ3v) is 5.28. The SMILES string of the molecule is CCc1cc2c(NC3CCCC3C)nc(NN)nc2s1. The van der Waals surface area contributed by atoms with Crippen LogP contribution in [0.4, 0.5) is 11.8 Å². The second-order valence-corrected chi connectivity index (χ2v) is 6.60. The van der Waals surface area contributed by atoms with Crippen molar-refractivity contribution in [3.63, 3.8) is 0 Å². The predicted molar refractivity (Wildman–Crippen MR) is 85.0 cm³/mol. The Balaban J connectivity index is 2.00. The summed E-state index contributed by atoms with van der Waals surface area (Å²) < 4.78 is 0. The summed E-state index contributed by atoms with van der Waals surface area (Å²) in [6.07, 6.45) is 4.81. The van der Waals surface area contributed by atoms with E-state index >= 15 is 0 Å². The summed E-state index contributed by atoms with van der Waals surface area (Å²) in [4.78, 5) is 11.3. The van der Waals surface area contributed by atoms with Crippen LogP contribution in [0.15, 0.2) is 6.07 Å². The lowest BCUT2D eigenvalue weighted by molar-refractivity contribution is 0.555. The number of rotatable bonds is 4. The Morgan fingerprint density at radius 3 is 2.90 bits per heavy atom. The highest BCUT2D eigenvalue weighted by Crippen LogP contribution is 2.33. The van der Waals surface area contributed by atoms with E-state index < -0.39 is 0 Å². The quantitative estimate of drug-likeness (QED) is 0.596. The van der Waals surface area contributed by atoms with E-state index in [0.717, 1.165) is 22.5 Å². The van der Waals surface area contributed by atoms with Gasteiger partial charge in [0, 0.05) is 10.9 Å². The van der Waals surface area contributed by atoms with Gasteiger partial charge in [0.2, 0.25) is 5.95 Å². The molecule has 3 rings (SSSR count). The highest BCUT2D eigenvalue weighted by molar-refractivity contribution is 7.18. The molecule has 2 unspecified atom stereocenters. The van der Waals surface area contributed by atoms with Crippen molar-refractivity contribution in [1.82, 2.24) is 9.97 Å². The summed E-state index contributed by atoms with van der Waals surface area (Å²) in [6.45, 7) is 4.46. The first kappa shape index (κ1) is 13.6. The van der Waals surface area contributed by atoms with Gasteiger partial charge in [-0.05, 0) is 31.2 Å². The van der Waals surface area contributed by atoms with E-state index in [4.69, 9.17) is 5.84 Å². The molecule has 2 aromatic heterocycles. The van der Waals surface area contributed by atoms with Gasteiger partial charge in [-0.2, -0.15) is 4.98 Å². The maximum atomic E-state index is 5.49. The summed E-state index contributed by atoms with van der Waals surface area (Å²) in [5.41, 5.74) is 2.57. The van der Waals surface area contributed by atoms with Gasteiger partial charge in [-0.3, -0.25) is 5.43 Å². The van der Waals surface area contributed by atoms with E-state index in [2.05, 4.69) is 40.6 Å². The standard InChI is InChI=1S/C14H21N5S/c1-3-9-7-10-12(16-11-6-4-5-8(11)2)17-14(19-15)18-13(10)20-9/h7-8,11H,3-6,15H2,1-2H3,(H2,16,17,18,19). The fourth-order valence-electron chi connectivity index (χ4n) is 2.86. The van der Waals surface area contributed by atoms with Crippen LogP contribution in [-0.2, 0) is 6.42 Å². The zero-order valence-electron chi connectivity index (χ0n) is 11.9. The molecule has 6 heteroatoms. The molecule has 2 atom stereocenters. The van der Waals surface area contributed by atoms with Crippen LogP contribution in [0, 0.1) is 5.92 Å². The highest BCUT2D eigenvalue weighted by Gasteiger charge is 2.24. The van der Waals surface area contributed by atoms with Gasteiger partial charge in [-0.25, -0.2) is 10.8 Å². The van der Waals surface area contributed by atoms with Crippen molar-refractivity contribution in [3.8, 4) is 0 Å². The number of nitrogen functional groups attached to an aromatic ring is 1. The fraction of sp³-hybridized carbons (Fsp3) is 0.571. The highest BCUT2D eigenvalue weighted by atomic mass is 32.1. The van der Waals surface area contributed by atoms with Crippen LogP contribution in [0.1, 0.15) is 38.0 Å². The molecule has 0 amide bonds. The molecule has 5 nitrogen and oxygen atoms in total. The maximum Gasteiger partial charge on any atom is 0.240 e. The minimum atomic E-state index is 0.482. The molecule has 108 valence electrons. The molecule has 2 heterocycles. The van der Waals surface area contributed by atoms with Crippen LogP contribution in [-0.4, -0.2) is 16.0 Å². The van der Waals surface area contributed by atoms with Crippen LogP contribution >= 0.6 is 11.3 Å². The second kappa shape index (κ2) is 5.54. The number of nitrogens with zero attached hydrogens (tertiary/aromatic N) is 2. The van der Waals surface area contributed by atoms with E-state index in [1.165, 1.54) is 24.1 Å². The number of nitrogens with two attached hydrogens (primary N) is 1. The zero-order chi connectivity index (χ0) is 14.1. The lowest BCUT2D eigenvalue weighted by atomic mass is 10.1. The Morgan fingerprint density at radius 1 is 1.40 bits per heavy atom. The molecule has 1 aliphatic rings. The number of anilines is 2. The van der Waals surface area contributed by atoms with Gasteiger partial charge in [0.15, 0.2) is 0 Å². The van der Waals surface area contributed by atoms with Gasteiger partial charge in [0.25, 0.3) is 0 Å². The molecular weight excluding hydrogens is 270 g/mol. The first-order valence-electron chi connectivity index (χ1n) is 7.25. The van der Waals surface area contributed by atoms with E-state index in [1.807, 2.05) is 0 Å². The van der Waals surface area contributed by atoms with Crippen LogP contribution in [0.2, 0.25) is 0 Å². The average molecular weight is 291 g/mol. The Kier molecular flexibility index (Phi) is 3.76. The van der Waals surface area contributed by atoms with E-state index in [-0.39, 0.29) is 0 Å². The number of aryl methyl sites for hydroxylation is 1. The molecule has 0 radical (unpaired) electrons. The van der Waals surface area contributed by atoms with E-state index in [0.29, 0.717) is 17.9 Å². The normalized spacial score (nSPS) is 22.4. The Hall–Kier alpha value is -1.40. The number of aromatic nitrogens is 2. The molecule has 0 aliphatic heterocycles.